The van der Waals surface area contributed by atoms with Gasteiger partial charge in [-0.05, 0) is 43.2 Å². The zero-order valence-corrected chi connectivity index (χ0v) is 19.7. The van der Waals surface area contributed by atoms with Crippen molar-refractivity contribution in [1.29, 1.82) is 0 Å². The highest BCUT2D eigenvalue weighted by Crippen LogP contribution is 2.27. The summed E-state index contributed by atoms with van der Waals surface area (Å²) in [6, 6.07) is 13.3. The molecule has 1 saturated heterocycles. The maximum atomic E-state index is 12.9. The molecule has 1 aliphatic rings. The lowest BCUT2D eigenvalue weighted by atomic mass is 10.1. The molecule has 2 N–H and O–H groups in total. The Labute approximate surface area is 196 Å². The van der Waals surface area contributed by atoms with E-state index in [1.807, 2.05) is 17.5 Å². The van der Waals surface area contributed by atoms with Crippen LogP contribution in [0.2, 0.25) is 0 Å². The zero-order chi connectivity index (χ0) is 23.4. The summed E-state index contributed by atoms with van der Waals surface area (Å²) in [5.41, 5.74) is 2.47. The number of sulfonamides is 1. The highest BCUT2D eigenvalue weighted by Gasteiger charge is 2.26. The molecule has 0 spiro atoms. The standard InChI is InChI=1S/C23H24N4O4S2/c1-16(28)24-19-10-8-17(9-11-19)21-15-32-23(25-21)26-22(29)18-6-5-7-20(14-18)33(30,31)27-12-3-2-4-13-27/h5-11,14-15H,2-4,12-13H2,1H3,(H,24,28)(H,25,26,29). The second-order valence-corrected chi connectivity index (χ2v) is 10.5. The van der Waals surface area contributed by atoms with E-state index in [-0.39, 0.29) is 16.4 Å². The molecule has 4 rings (SSSR count). The van der Waals surface area contributed by atoms with Crippen LogP contribution in [0.25, 0.3) is 11.3 Å². The van der Waals surface area contributed by atoms with E-state index in [4.69, 9.17) is 0 Å². The van der Waals surface area contributed by atoms with E-state index in [0.717, 1.165) is 24.8 Å². The first-order valence-electron chi connectivity index (χ1n) is 10.6. The third-order valence-corrected chi connectivity index (χ3v) is 7.93. The minimum Gasteiger partial charge on any atom is -0.326 e. The van der Waals surface area contributed by atoms with Gasteiger partial charge in [0.05, 0.1) is 10.6 Å². The van der Waals surface area contributed by atoms with Gasteiger partial charge in [-0.1, -0.05) is 24.6 Å². The topological polar surface area (TPSA) is 108 Å². The van der Waals surface area contributed by atoms with Crippen molar-refractivity contribution in [2.24, 2.45) is 0 Å². The van der Waals surface area contributed by atoms with Crippen molar-refractivity contribution in [1.82, 2.24) is 9.29 Å². The van der Waals surface area contributed by atoms with Gasteiger partial charge in [-0.15, -0.1) is 11.3 Å². The van der Waals surface area contributed by atoms with Gasteiger partial charge in [0.2, 0.25) is 15.9 Å². The lowest BCUT2D eigenvalue weighted by Crippen LogP contribution is -2.35. The second kappa shape index (κ2) is 9.82. The maximum Gasteiger partial charge on any atom is 0.257 e. The summed E-state index contributed by atoms with van der Waals surface area (Å²) >= 11 is 1.28. The monoisotopic (exact) mass is 484 g/mol. The van der Waals surface area contributed by atoms with E-state index in [2.05, 4.69) is 15.6 Å². The quantitative estimate of drug-likeness (QED) is 0.545. The van der Waals surface area contributed by atoms with Crippen LogP contribution in [0.4, 0.5) is 10.8 Å². The van der Waals surface area contributed by atoms with Crippen molar-refractivity contribution in [3.63, 3.8) is 0 Å². The molecule has 172 valence electrons. The molecule has 0 bridgehead atoms. The molecule has 3 aromatic rings. The zero-order valence-electron chi connectivity index (χ0n) is 18.1. The molecule has 0 unspecified atom stereocenters. The molecule has 0 atom stereocenters. The van der Waals surface area contributed by atoms with Gasteiger partial charge in [-0.2, -0.15) is 4.31 Å². The number of anilines is 2. The fraction of sp³-hybridized carbons (Fsp3) is 0.261. The van der Waals surface area contributed by atoms with Crippen LogP contribution in [0.1, 0.15) is 36.5 Å². The Bertz CT molecular complexity index is 1260. The number of hydrogen-bond donors (Lipinski definition) is 2. The number of piperidine rings is 1. The van der Waals surface area contributed by atoms with Crippen LogP contribution in [0.15, 0.2) is 58.8 Å². The normalized spacial score (nSPS) is 14.6. The largest absolute Gasteiger partial charge is 0.326 e. The van der Waals surface area contributed by atoms with Gasteiger partial charge in [0.1, 0.15) is 0 Å². The molecule has 2 amide bonds. The first kappa shape index (κ1) is 23.1. The van der Waals surface area contributed by atoms with Gasteiger partial charge in [-0.25, -0.2) is 13.4 Å². The molecule has 1 fully saturated rings. The minimum atomic E-state index is -3.62. The number of nitrogens with zero attached hydrogens (tertiary/aromatic N) is 2. The number of thiazole rings is 1. The van der Waals surface area contributed by atoms with Crippen LogP contribution in [-0.4, -0.2) is 42.6 Å². The van der Waals surface area contributed by atoms with Crippen LogP contribution in [0, 0.1) is 0 Å². The summed E-state index contributed by atoms with van der Waals surface area (Å²) in [5.74, 6) is -0.568. The van der Waals surface area contributed by atoms with Crippen molar-refractivity contribution in [2.45, 2.75) is 31.1 Å². The highest BCUT2D eigenvalue weighted by molar-refractivity contribution is 7.89. The number of aromatic nitrogens is 1. The van der Waals surface area contributed by atoms with Crippen molar-refractivity contribution >= 4 is 44.0 Å². The van der Waals surface area contributed by atoms with Gasteiger partial charge in [0.15, 0.2) is 5.13 Å². The van der Waals surface area contributed by atoms with Gasteiger partial charge < -0.3 is 5.32 Å². The summed E-state index contributed by atoms with van der Waals surface area (Å²) in [4.78, 5) is 28.5. The Morgan fingerprint density at radius 2 is 1.73 bits per heavy atom. The van der Waals surface area contributed by atoms with Crippen LogP contribution in [-0.2, 0) is 14.8 Å². The second-order valence-electron chi connectivity index (χ2n) is 7.74. The molecule has 8 nitrogen and oxygen atoms in total. The van der Waals surface area contributed by atoms with Gasteiger partial charge in [0.25, 0.3) is 5.91 Å². The minimum absolute atomic E-state index is 0.121. The number of amides is 2. The van der Waals surface area contributed by atoms with E-state index in [9.17, 15) is 18.0 Å². The van der Waals surface area contributed by atoms with Crippen molar-refractivity contribution < 1.29 is 18.0 Å². The predicted octanol–water partition coefficient (Wildman–Crippen LogP) is 4.20. The summed E-state index contributed by atoms with van der Waals surface area (Å²) in [6.45, 7) is 2.46. The number of nitrogens with one attached hydrogen (secondary N) is 2. The van der Waals surface area contributed by atoms with E-state index in [0.29, 0.717) is 29.6 Å². The van der Waals surface area contributed by atoms with Crippen molar-refractivity contribution in [2.75, 3.05) is 23.7 Å². The fourth-order valence-electron chi connectivity index (χ4n) is 3.61. The summed E-state index contributed by atoms with van der Waals surface area (Å²) < 4.78 is 27.3. The molecular formula is C23H24N4O4S2. The molecular weight excluding hydrogens is 460 g/mol. The molecule has 33 heavy (non-hydrogen) atoms. The molecule has 0 aliphatic carbocycles. The van der Waals surface area contributed by atoms with Gasteiger partial charge in [-0.3, -0.25) is 14.9 Å². The lowest BCUT2D eigenvalue weighted by Gasteiger charge is -2.26. The Balaban J connectivity index is 1.46. The molecule has 1 aromatic heterocycles. The molecule has 0 saturated carbocycles. The van der Waals surface area contributed by atoms with E-state index in [1.54, 1.807) is 24.3 Å². The van der Waals surface area contributed by atoms with E-state index < -0.39 is 15.9 Å². The van der Waals surface area contributed by atoms with E-state index in [1.165, 1.54) is 34.7 Å². The van der Waals surface area contributed by atoms with E-state index >= 15 is 0 Å². The Hall–Kier alpha value is -3.08. The Morgan fingerprint density at radius 3 is 2.42 bits per heavy atom. The number of rotatable bonds is 6. The number of carbonyl (C=O) groups is 2. The average molecular weight is 485 g/mol. The van der Waals surface area contributed by atoms with Crippen LogP contribution < -0.4 is 10.6 Å². The lowest BCUT2D eigenvalue weighted by molar-refractivity contribution is -0.114. The molecule has 2 aromatic carbocycles. The van der Waals surface area contributed by atoms with Crippen molar-refractivity contribution in [3.8, 4) is 11.3 Å². The number of hydrogen-bond acceptors (Lipinski definition) is 6. The summed E-state index contributed by atoms with van der Waals surface area (Å²) in [6.07, 6.45) is 2.73. The number of benzene rings is 2. The van der Waals surface area contributed by atoms with Crippen molar-refractivity contribution in [3.05, 3.63) is 59.5 Å². The van der Waals surface area contributed by atoms with Crippen LogP contribution in [0.3, 0.4) is 0 Å². The fourth-order valence-corrected chi connectivity index (χ4v) is 5.89. The van der Waals surface area contributed by atoms with Gasteiger partial charge >= 0.3 is 0 Å². The average Bonchev–Trinajstić information content (AvgIpc) is 3.28. The first-order chi connectivity index (χ1) is 15.8. The third kappa shape index (κ3) is 5.47. The first-order valence-corrected chi connectivity index (χ1v) is 12.9. The summed E-state index contributed by atoms with van der Waals surface area (Å²) in [5, 5.41) is 7.68. The smallest absolute Gasteiger partial charge is 0.257 e. The molecule has 2 heterocycles. The van der Waals surface area contributed by atoms with Crippen LogP contribution in [0.5, 0.6) is 0 Å². The predicted molar refractivity (Wildman–Crippen MR) is 129 cm³/mol. The third-order valence-electron chi connectivity index (χ3n) is 5.27. The van der Waals surface area contributed by atoms with Gasteiger partial charge in [0, 0.05) is 42.2 Å². The SMILES string of the molecule is CC(=O)Nc1ccc(-c2csc(NC(=O)c3cccc(S(=O)(=O)N4CCCCC4)c3)n2)cc1. The molecule has 10 heteroatoms. The molecule has 1 aliphatic heterocycles. The Morgan fingerprint density at radius 1 is 1.00 bits per heavy atom. The maximum absolute atomic E-state index is 12.9. The number of carbonyl (C=O) groups excluding carboxylic acids is 2. The molecule has 0 radical (unpaired) electrons. The summed E-state index contributed by atoms with van der Waals surface area (Å²) in [7, 11) is -3.62. The Kier molecular flexibility index (Phi) is 6.87. The highest BCUT2D eigenvalue weighted by atomic mass is 32.2. The van der Waals surface area contributed by atoms with Crippen LogP contribution >= 0.6 is 11.3 Å².